The molecule has 26 heavy (non-hydrogen) atoms. The van der Waals surface area contributed by atoms with Crippen LogP contribution in [0.3, 0.4) is 0 Å². The number of aromatic nitrogens is 1. The highest BCUT2D eigenvalue weighted by atomic mass is 16.5. The number of fused-ring (bicyclic) bond motifs is 1. The molecule has 1 atom stereocenters. The predicted octanol–water partition coefficient (Wildman–Crippen LogP) is 2.70. The van der Waals surface area contributed by atoms with Gasteiger partial charge in [-0.2, -0.15) is 0 Å². The molecule has 0 saturated carbocycles. The molecule has 1 unspecified atom stereocenters. The summed E-state index contributed by atoms with van der Waals surface area (Å²) in [5.74, 6) is 0.0628. The number of amides is 2. The molecular formula is C19H23N3O4. The van der Waals surface area contributed by atoms with Crippen LogP contribution in [0.5, 0.6) is 5.75 Å². The van der Waals surface area contributed by atoms with Gasteiger partial charge in [-0.1, -0.05) is 31.1 Å². The number of ether oxygens (including phenoxy) is 1. The molecule has 1 aliphatic heterocycles. The Hall–Kier alpha value is -2.83. The number of nitrogens with one attached hydrogen (secondary N) is 1. The van der Waals surface area contributed by atoms with Gasteiger partial charge in [0.15, 0.2) is 6.10 Å². The summed E-state index contributed by atoms with van der Waals surface area (Å²) >= 11 is 0. The zero-order valence-electron chi connectivity index (χ0n) is 15.2. The maximum atomic E-state index is 12.9. The van der Waals surface area contributed by atoms with Crippen LogP contribution in [0.1, 0.15) is 42.9 Å². The van der Waals surface area contributed by atoms with E-state index in [-0.39, 0.29) is 30.2 Å². The topological polar surface area (TPSA) is 84.7 Å². The summed E-state index contributed by atoms with van der Waals surface area (Å²) < 4.78 is 11.0. The Morgan fingerprint density at radius 2 is 2.04 bits per heavy atom. The van der Waals surface area contributed by atoms with Crippen molar-refractivity contribution < 1.29 is 18.8 Å². The number of carbonyl (C=O) groups excluding carboxylic acids is 2. The van der Waals surface area contributed by atoms with Crippen LogP contribution in [-0.4, -0.2) is 35.7 Å². The first-order valence-electron chi connectivity index (χ1n) is 8.84. The summed E-state index contributed by atoms with van der Waals surface area (Å²) in [6.45, 7) is 5.90. The Bertz CT molecular complexity index is 798. The number of hydrogen-bond acceptors (Lipinski definition) is 5. The second-order valence-corrected chi connectivity index (χ2v) is 6.34. The monoisotopic (exact) mass is 357 g/mol. The Morgan fingerprint density at radius 1 is 1.31 bits per heavy atom. The van der Waals surface area contributed by atoms with Crippen molar-refractivity contribution in [2.75, 3.05) is 11.4 Å². The molecule has 138 valence electrons. The minimum Gasteiger partial charge on any atom is -0.477 e. The lowest BCUT2D eigenvalue weighted by atomic mass is 10.1. The number of benzene rings is 1. The summed E-state index contributed by atoms with van der Waals surface area (Å²) in [7, 11) is 0. The lowest BCUT2D eigenvalue weighted by molar-refractivity contribution is -0.128. The molecule has 0 radical (unpaired) electrons. The highest BCUT2D eigenvalue weighted by molar-refractivity contribution is 6.06. The zero-order valence-corrected chi connectivity index (χ0v) is 15.2. The standard InChI is InChI=1S/C19H23N3O4/c1-4-13(5-2)20-18(23)17-11-22(14-8-6-7-9-15(14)25-17)19(24)16-10-12(3)21-26-16/h6-10,13,17H,4-5,11H2,1-3H3,(H,20,23). The van der Waals surface area contributed by atoms with E-state index in [0.717, 1.165) is 12.8 Å². The smallest absolute Gasteiger partial charge is 0.297 e. The van der Waals surface area contributed by atoms with E-state index in [1.54, 1.807) is 31.2 Å². The van der Waals surface area contributed by atoms with E-state index in [9.17, 15) is 9.59 Å². The predicted molar refractivity (Wildman–Crippen MR) is 96.3 cm³/mol. The van der Waals surface area contributed by atoms with Crippen molar-refractivity contribution in [3.63, 3.8) is 0 Å². The van der Waals surface area contributed by atoms with Crippen LogP contribution in [0.2, 0.25) is 0 Å². The van der Waals surface area contributed by atoms with Gasteiger partial charge in [0.25, 0.3) is 11.8 Å². The van der Waals surface area contributed by atoms with Crippen LogP contribution < -0.4 is 15.0 Å². The molecule has 0 spiro atoms. The lowest BCUT2D eigenvalue weighted by Gasteiger charge is -2.34. The van der Waals surface area contributed by atoms with Crippen LogP contribution in [-0.2, 0) is 4.79 Å². The van der Waals surface area contributed by atoms with Gasteiger partial charge in [0.1, 0.15) is 5.75 Å². The number of carbonyl (C=O) groups is 2. The Kier molecular flexibility index (Phi) is 5.25. The van der Waals surface area contributed by atoms with E-state index in [1.807, 2.05) is 19.9 Å². The molecule has 7 heteroatoms. The van der Waals surface area contributed by atoms with Crippen LogP contribution >= 0.6 is 0 Å². The van der Waals surface area contributed by atoms with Gasteiger partial charge in [0.05, 0.1) is 17.9 Å². The normalized spacial score (nSPS) is 16.2. The van der Waals surface area contributed by atoms with E-state index in [2.05, 4.69) is 10.5 Å². The number of nitrogens with zero attached hydrogens (tertiary/aromatic N) is 2. The second kappa shape index (κ2) is 7.59. The third kappa shape index (κ3) is 3.56. The Labute approximate surface area is 152 Å². The molecule has 1 aromatic heterocycles. The van der Waals surface area contributed by atoms with Gasteiger partial charge in [-0.3, -0.25) is 14.5 Å². The molecule has 0 aliphatic carbocycles. The number of aryl methyl sites for hydroxylation is 1. The molecule has 1 N–H and O–H groups in total. The van der Waals surface area contributed by atoms with Crippen LogP contribution in [0.25, 0.3) is 0 Å². The lowest BCUT2D eigenvalue weighted by Crippen LogP contribution is -2.52. The van der Waals surface area contributed by atoms with Gasteiger partial charge in [-0.25, -0.2) is 0 Å². The van der Waals surface area contributed by atoms with Gasteiger partial charge in [-0.05, 0) is 31.9 Å². The van der Waals surface area contributed by atoms with Gasteiger partial charge in [0, 0.05) is 12.1 Å². The molecule has 1 aromatic carbocycles. The van der Waals surface area contributed by atoms with Gasteiger partial charge >= 0.3 is 0 Å². The maximum Gasteiger partial charge on any atom is 0.297 e. The third-order valence-corrected chi connectivity index (χ3v) is 4.48. The molecule has 0 bridgehead atoms. The van der Waals surface area contributed by atoms with Crippen LogP contribution in [0, 0.1) is 6.92 Å². The second-order valence-electron chi connectivity index (χ2n) is 6.34. The van der Waals surface area contributed by atoms with Crippen molar-refractivity contribution in [1.29, 1.82) is 0 Å². The fraction of sp³-hybridized carbons (Fsp3) is 0.421. The van der Waals surface area contributed by atoms with Crippen molar-refractivity contribution in [2.24, 2.45) is 0 Å². The molecule has 2 amide bonds. The van der Waals surface area contributed by atoms with Crippen molar-refractivity contribution in [3.8, 4) is 5.75 Å². The Morgan fingerprint density at radius 3 is 2.69 bits per heavy atom. The van der Waals surface area contributed by atoms with Crippen molar-refractivity contribution in [3.05, 3.63) is 41.8 Å². The number of rotatable bonds is 5. The third-order valence-electron chi connectivity index (χ3n) is 4.48. The highest BCUT2D eigenvalue weighted by Crippen LogP contribution is 2.34. The van der Waals surface area contributed by atoms with Crippen molar-refractivity contribution in [1.82, 2.24) is 10.5 Å². The van der Waals surface area contributed by atoms with E-state index in [4.69, 9.17) is 9.26 Å². The quantitative estimate of drug-likeness (QED) is 0.889. The molecule has 7 nitrogen and oxygen atoms in total. The largest absolute Gasteiger partial charge is 0.477 e. The van der Waals surface area contributed by atoms with Gasteiger partial charge in [0.2, 0.25) is 5.76 Å². The van der Waals surface area contributed by atoms with Gasteiger partial charge < -0.3 is 14.6 Å². The summed E-state index contributed by atoms with van der Waals surface area (Å²) in [6, 6.07) is 8.83. The SMILES string of the molecule is CCC(CC)NC(=O)C1CN(C(=O)c2cc(C)no2)c2ccccc2O1. The Balaban J connectivity index is 1.86. The molecule has 3 rings (SSSR count). The van der Waals surface area contributed by atoms with E-state index >= 15 is 0 Å². The molecule has 0 saturated heterocycles. The van der Waals surface area contributed by atoms with E-state index in [0.29, 0.717) is 17.1 Å². The summed E-state index contributed by atoms with van der Waals surface area (Å²) in [4.78, 5) is 27.0. The summed E-state index contributed by atoms with van der Waals surface area (Å²) in [5.41, 5.74) is 1.23. The molecule has 0 fully saturated rings. The fourth-order valence-corrected chi connectivity index (χ4v) is 2.95. The fourth-order valence-electron chi connectivity index (χ4n) is 2.95. The minimum atomic E-state index is -0.779. The van der Waals surface area contributed by atoms with Crippen LogP contribution in [0.15, 0.2) is 34.9 Å². The number of hydrogen-bond donors (Lipinski definition) is 1. The van der Waals surface area contributed by atoms with E-state index in [1.165, 1.54) is 4.90 Å². The molecule has 1 aliphatic rings. The first-order chi connectivity index (χ1) is 12.5. The molecule has 2 heterocycles. The highest BCUT2D eigenvalue weighted by Gasteiger charge is 2.35. The molecular weight excluding hydrogens is 334 g/mol. The molecule has 2 aromatic rings. The van der Waals surface area contributed by atoms with E-state index < -0.39 is 6.10 Å². The first kappa shape index (κ1) is 18.0. The van der Waals surface area contributed by atoms with Gasteiger partial charge in [-0.15, -0.1) is 0 Å². The minimum absolute atomic E-state index is 0.0874. The maximum absolute atomic E-state index is 12.9. The average Bonchev–Trinajstić information content (AvgIpc) is 3.10. The zero-order chi connectivity index (χ0) is 18.7. The first-order valence-corrected chi connectivity index (χ1v) is 8.84. The van der Waals surface area contributed by atoms with Crippen molar-refractivity contribution >= 4 is 17.5 Å². The van der Waals surface area contributed by atoms with Crippen LogP contribution in [0.4, 0.5) is 5.69 Å². The summed E-state index contributed by atoms with van der Waals surface area (Å²) in [5, 5.41) is 6.75. The number of para-hydroxylation sites is 2. The number of anilines is 1. The van der Waals surface area contributed by atoms with Crippen molar-refractivity contribution in [2.45, 2.75) is 45.8 Å². The average molecular weight is 357 g/mol. The summed E-state index contributed by atoms with van der Waals surface area (Å²) in [6.07, 6.45) is 0.898.